The number of benzene rings is 2. The number of methoxy groups -OCH3 is 1. The molecule has 2 aliphatic rings. The predicted molar refractivity (Wildman–Crippen MR) is 153 cm³/mol. The van der Waals surface area contributed by atoms with Gasteiger partial charge in [0.25, 0.3) is 0 Å². The van der Waals surface area contributed by atoms with Crippen molar-refractivity contribution in [2.24, 2.45) is 5.92 Å². The Balaban J connectivity index is 1.36. The molecule has 3 atom stereocenters. The third-order valence-corrected chi connectivity index (χ3v) is 10.6. The monoisotopic (exact) mass is 631 g/mol. The Morgan fingerprint density at radius 1 is 1.00 bits per heavy atom. The first kappa shape index (κ1) is 28.2. The van der Waals surface area contributed by atoms with Crippen LogP contribution < -0.4 is 19.8 Å². The Labute approximate surface area is 248 Å². The second kappa shape index (κ2) is 10.7. The summed E-state index contributed by atoms with van der Waals surface area (Å²) in [6.45, 7) is -0.567. The Morgan fingerprint density at radius 2 is 1.74 bits per heavy atom. The molecule has 42 heavy (non-hydrogen) atoms. The number of alkyl halides is 3. The molecule has 1 fully saturated rings. The summed E-state index contributed by atoms with van der Waals surface area (Å²) in [6, 6.07) is 14.7. The van der Waals surface area contributed by atoms with Gasteiger partial charge >= 0.3 is 11.0 Å². The lowest BCUT2D eigenvalue weighted by Gasteiger charge is -2.29. The number of fused-ring (bicyclic) bond motifs is 2. The van der Waals surface area contributed by atoms with Crippen molar-refractivity contribution in [1.29, 1.82) is 0 Å². The highest BCUT2D eigenvalue weighted by Gasteiger charge is 2.57. The minimum absolute atomic E-state index is 0.349. The van der Waals surface area contributed by atoms with Gasteiger partial charge in [0, 0.05) is 15.7 Å². The van der Waals surface area contributed by atoms with Crippen LogP contribution in [0.4, 0.5) is 24.5 Å². The number of hydrogen-bond donors (Lipinski definition) is 1. The van der Waals surface area contributed by atoms with E-state index in [9.17, 15) is 32.3 Å². The van der Waals surface area contributed by atoms with Crippen molar-refractivity contribution in [3.63, 3.8) is 0 Å². The van der Waals surface area contributed by atoms with Crippen molar-refractivity contribution >= 4 is 63.5 Å². The SMILES string of the molecule is COc1ccc(N2C(=O)[C@H]3[C@H](c4cccs4)c4sc(=O)n(CC(=O)Nc5ccccc5C(F)(F)F)c4S[C@H]3C2=O)cc1. The van der Waals surface area contributed by atoms with Gasteiger partial charge in [-0.15, -0.1) is 11.3 Å². The molecule has 216 valence electrons. The molecule has 1 saturated heterocycles. The first-order chi connectivity index (χ1) is 20.1. The average Bonchev–Trinajstić information content (AvgIpc) is 3.66. The molecule has 2 aliphatic heterocycles. The molecular formula is C28H20F3N3O5S3. The minimum atomic E-state index is -4.69. The van der Waals surface area contributed by atoms with Gasteiger partial charge in [-0.2, -0.15) is 13.2 Å². The molecule has 0 spiro atoms. The Morgan fingerprint density at radius 3 is 2.40 bits per heavy atom. The summed E-state index contributed by atoms with van der Waals surface area (Å²) < 4.78 is 46.7. The van der Waals surface area contributed by atoms with Crippen LogP contribution in [-0.2, 0) is 27.1 Å². The lowest BCUT2D eigenvalue weighted by atomic mass is 9.87. The standard InChI is InChI=1S/C28H20F3N3O5S3/c1-39-15-10-8-14(9-11-15)34-24(36)21-20(18-7-4-12-40-18)23-26(41-22(21)25(34)37)33(27(38)42-23)13-19(35)32-17-6-3-2-5-16(17)28(29,30)31/h2-12,20-22H,13H2,1H3,(H,32,35)/t20-,21-,22+/m0/s1. The van der Waals surface area contributed by atoms with E-state index in [1.165, 1.54) is 35.1 Å². The van der Waals surface area contributed by atoms with Crippen LogP contribution in [0.3, 0.4) is 0 Å². The van der Waals surface area contributed by atoms with E-state index >= 15 is 0 Å². The second-order valence-corrected chi connectivity index (χ2v) is 12.6. The summed E-state index contributed by atoms with van der Waals surface area (Å²) in [6.07, 6.45) is -4.69. The van der Waals surface area contributed by atoms with Crippen LogP contribution >= 0.6 is 34.4 Å². The first-order valence-electron chi connectivity index (χ1n) is 12.5. The summed E-state index contributed by atoms with van der Waals surface area (Å²) in [7, 11) is 1.51. The zero-order valence-corrected chi connectivity index (χ0v) is 24.0. The number of thioether (sulfide) groups is 1. The van der Waals surface area contributed by atoms with Gasteiger partial charge in [-0.05, 0) is 47.8 Å². The third kappa shape index (κ3) is 4.82. The molecule has 14 heteroatoms. The van der Waals surface area contributed by atoms with Crippen molar-refractivity contribution in [1.82, 2.24) is 4.57 Å². The largest absolute Gasteiger partial charge is 0.497 e. The smallest absolute Gasteiger partial charge is 0.418 e. The van der Waals surface area contributed by atoms with E-state index in [4.69, 9.17) is 4.74 Å². The second-order valence-electron chi connectivity index (χ2n) is 9.48. The maximum Gasteiger partial charge on any atom is 0.418 e. The maximum absolute atomic E-state index is 13.8. The van der Waals surface area contributed by atoms with Crippen molar-refractivity contribution in [2.75, 3.05) is 17.3 Å². The fraction of sp³-hybridized carbons (Fsp3) is 0.214. The Kier molecular flexibility index (Phi) is 7.23. The number of amides is 3. The summed E-state index contributed by atoms with van der Waals surface area (Å²) in [4.78, 5) is 55.7. The highest BCUT2D eigenvalue weighted by atomic mass is 32.2. The summed E-state index contributed by atoms with van der Waals surface area (Å²) in [5.74, 6) is -2.54. The van der Waals surface area contributed by atoms with E-state index in [2.05, 4.69) is 5.32 Å². The Bertz CT molecular complexity index is 1750. The molecule has 1 N–H and O–H groups in total. The number of nitrogens with zero attached hydrogens (tertiary/aromatic N) is 2. The number of anilines is 2. The molecular weight excluding hydrogens is 612 g/mol. The fourth-order valence-electron chi connectivity index (χ4n) is 5.19. The van der Waals surface area contributed by atoms with Gasteiger partial charge in [-0.25, -0.2) is 4.90 Å². The van der Waals surface area contributed by atoms with Crippen molar-refractivity contribution < 1.29 is 32.3 Å². The van der Waals surface area contributed by atoms with Crippen molar-refractivity contribution in [3.8, 4) is 5.75 Å². The number of rotatable bonds is 6. The number of imide groups is 1. The minimum Gasteiger partial charge on any atom is -0.497 e. The number of thiophene rings is 1. The fourth-order valence-corrected chi connectivity index (χ4v) is 8.91. The molecule has 0 radical (unpaired) electrons. The molecule has 6 rings (SSSR count). The Hall–Kier alpha value is -3.88. The summed E-state index contributed by atoms with van der Waals surface area (Å²) in [5.41, 5.74) is -1.06. The summed E-state index contributed by atoms with van der Waals surface area (Å²) >= 11 is 3.28. The first-order valence-corrected chi connectivity index (χ1v) is 15.1. The van der Waals surface area contributed by atoms with Crippen LogP contribution in [-0.4, -0.2) is 34.6 Å². The zero-order chi connectivity index (χ0) is 29.8. The van der Waals surface area contributed by atoms with E-state index in [-0.39, 0.29) is 0 Å². The van der Waals surface area contributed by atoms with Gasteiger partial charge in [0.15, 0.2) is 0 Å². The number of halogens is 3. The number of carbonyl (C=O) groups excluding carboxylic acids is 3. The zero-order valence-electron chi connectivity index (χ0n) is 21.6. The van der Waals surface area contributed by atoms with Gasteiger partial charge in [0.1, 0.15) is 17.5 Å². The number of thiazole rings is 1. The van der Waals surface area contributed by atoms with Crippen LogP contribution in [0.2, 0.25) is 0 Å². The molecule has 0 unspecified atom stereocenters. The lowest BCUT2D eigenvalue weighted by Crippen LogP contribution is -2.32. The van der Waals surface area contributed by atoms with Crippen LogP contribution in [0.25, 0.3) is 0 Å². The molecule has 0 bridgehead atoms. The topological polar surface area (TPSA) is 97.7 Å². The number of hydrogen-bond acceptors (Lipinski definition) is 8. The summed E-state index contributed by atoms with van der Waals surface area (Å²) in [5, 5.41) is 3.57. The van der Waals surface area contributed by atoms with E-state index in [0.717, 1.165) is 45.0 Å². The van der Waals surface area contributed by atoms with E-state index < -0.39 is 63.7 Å². The molecule has 0 saturated carbocycles. The van der Waals surface area contributed by atoms with Gasteiger partial charge in [0.05, 0.1) is 35.0 Å². The van der Waals surface area contributed by atoms with E-state index in [1.807, 2.05) is 17.5 Å². The molecule has 8 nitrogen and oxygen atoms in total. The number of para-hydroxylation sites is 1. The average molecular weight is 632 g/mol. The van der Waals surface area contributed by atoms with E-state index in [1.54, 1.807) is 24.3 Å². The van der Waals surface area contributed by atoms with Crippen molar-refractivity contribution in [2.45, 2.75) is 28.9 Å². The van der Waals surface area contributed by atoms with Gasteiger partial charge < -0.3 is 10.1 Å². The number of nitrogens with one attached hydrogen (secondary N) is 1. The van der Waals surface area contributed by atoms with Gasteiger partial charge in [0.2, 0.25) is 17.7 Å². The third-order valence-electron chi connectivity index (χ3n) is 7.04. The predicted octanol–water partition coefficient (Wildman–Crippen LogP) is 5.43. The van der Waals surface area contributed by atoms with E-state index in [0.29, 0.717) is 21.3 Å². The molecule has 4 heterocycles. The molecule has 2 aromatic carbocycles. The van der Waals surface area contributed by atoms with Crippen LogP contribution in [0, 0.1) is 5.92 Å². The van der Waals surface area contributed by atoms with Gasteiger partial charge in [-0.3, -0.25) is 23.7 Å². The molecule has 2 aromatic heterocycles. The normalized spacial score (nSPS) is 19.9. The number of ether oxygens (including phenoxy) is 1. The molecule has 4 aromatic rings. The maximum atomic E-state index is 13.8. The van der Waals surface area contributed by atoms with Crippen LogP contribution in [0.5, 0.6) is 5.75 Å². The highest BCUT2D eigenvalue weighted by molar-refractivity contribution is 8.00. The number of aromatic nitrogens is 1. The van der Waals surface area contributed by atoms with Crippen molar-refractivity contribution in [3.05, 3.63) is 91.0 Å². The van der Waals surface area contributed by atoms with Gasteiger partial charge in [-0.1, -0.05) is 41.3 Å². The lowest BCUT2D eigenvalue weighted by molar-refractivity contribution is -0.137. The highest BCUT2D eigenvalue weighted by Crippen LogP contribution is 2.54. The molecule has 3 amide bonds. The van der Waals surface area contributed by atoms with Crippen LogP contribution in [0.15, 0.2) is 75.9 Å². The quantitative estimate of drug-likeness (QED) is 0.285. The van der Waals surface area contributed by atoms with Crippen LogP contribution in [0.1, 0.15) is 21.2 Å². The molecule has 0 aliphatic carbocycles. The number of carbonyl (C=O) groups is 3.